The third kappa shape index (κ3) is 1.22. The van der Waals surface area contributed by atoms with Crippen molar-refractivity contribution in [2.75, 3.05) is 0 Å². The predicted molar refractivity (Wildman–Crippen MR) is 41.9 cm³/mol. The van der Waals surface area contributed by atoms with E-state index in [0.29, 0.717) is 0 Å². The molecule has 0 bridgehead atoms. The zero-order valence-corrected chi connectivity index (χ0v) is 6.44. The molecule has 0 aliphatic heterocycles. The van der Waals surface area contributed by atoms with Crippen molar-refractivity contribution in [1.29, 1.82) is 0 Å². The van der Waals surface area contributed by atoms with Crippen LogP contribution >= 0.6 is 0 Å². The molecule has 0 saturated heterocycles. The summed E-state index contributed by atoms with van der Waals surface area (Å²) in [5, 5.41) is 3.75. The molecule has 0 fully saturated rings. The van der Waals surface area contributed by atoms with Crippen LogP contribution < -0.4 is 5.56 Å². The molecule has 0 aliphatic carbocycles. The Bertz CT molecular complexity index is 462. The van der Waals surface area contributed by atoms with Gasteiger partial charge in [-0.05, 0) is 6.07 Å². The Labute approximate surface area is 71.9 Å². The topological polar surface area (TPSA) is 63.6 Å². The molecule has 5 nitrogen and oxygen atoms in total. The second kappa shape index (κ2) is 2.81. The lowest BCUT2D eigenvalue weighted by Crippen LogP contribution is -2.16. The average Bonchev–Trinajstić information content (AvgIpc) is 2.62. The molecule has 0 radical (unpaired) electrons. The standard InChI is InChI=1S/C7H5FN4O/c8-5-6(9-4-10-7(5)13)12-3-1-2-11-12/h1-4H,(H,9,10,13). The molecule has 0 atom stereocenters. The molecule has 0 spiro atoms. The van der Waals surface area contributed by atoms with E-state index in [2.05, 4.69) is 15.1 Å². The van der Waals surface area contributed by atoms with Gasteiger partial charge in [-0.2, -0.15) is 9.49 Å². The van der Waals surface area contributed by atoms with Crippen molar-refractivity contribution in [1.82, 2.24) is 19.7 Å². The van der Waals surface area contributed by atoms with Gasteiger partial charge in [0.05, 0.1) is 6.33 Å². The lowest BCUT2D eigenvalue weighted by atomic mass is 10.5. The minimum atomic E-state index is -0.939. The van der Waals surface area contributed by atoms with Gasteiger partial charge in [0.15, 0.2) is 5.82 Å². The fraction of sp³-hybridized carbons (Fsp3) is 0. The minimum absolute atomic E-state index is 0.103. The van der Waals surface area contributed by atoms with Gasteiger partial charge in [0, 0.05) is 12.4 Å². The number of hydrogen-bond donors (Lipinski definition) is 1. The molecule has 2 aromatic rings. The van der Waals surface area contributed by atoms with E-state index in [1.807, 2.05) is 0 Å². The van der Waals surface area contributed by atoms with Gasteiger partial charge in [-0.25, -0.2) is 9.67 Å². The van der Waals surface area contributed by atoms with Crippen molar-refractivity contribution >= 4 is 0 Å². The molecule has 1 N–H and O–H groups in total. The van der Waals surface area contributed by atoms with Gasteiger partial charge in [-0.3, -0.25) is 4.79 Å². The Morgan fingerprint density at radius 2 is 2.38 bits per heavy atom. The summed E-state index contributed by atoms with van der Waals surface area (Å²) in [7, 11) is 0. The molecule has 0 aliphatic rings. The van der Waals surface area contributed by atoms with E-state index in [1.165, 1.54) is 17.1 Å². The minimum Gasteiger partial charge on any atom is -0.310 e. The van der Waals surface area contributed by atoms with Crippen LogP contribution in [-0.4, -0.2) is 19.7 Å². The van der Waals surface area contributed by atoms with E-state index in [-0.39, 0.29) is 5.82 Å². The zero-order chi connectivity index (χ0) is 9.26. The first-order valence-corrected chi connectivity index (χ1v) is 3.52. The monoisotopic (exact) mass is 180 g/mol. The van der Waals surface area contributed by atoms with Crippen molar-refractivity contribution in [3.8, 4) is 5.82 Å². The summed E-state index contributed by atoms with van der Waals surface area (Å²) in [4.78, 5) is 16.6. The third-order valence-electron chi connectivity index (χ3n) is 1.50. The molecule has 66 valence electrons. The molecule has 13 heavy (non-hydrogen) atoms. The summed E-state index contributed by atoms with van der Waals surface area (Å²) >= 11 is 0. The highest BCUT2D eigenvalue weighted by Crippen LogP contribution is 2.01. The molecular weight excluding hydrogens is 175 g/mol. The smallest absolute Gasteiger partial charge is 0.289 e. The van der Waals surface area contributed by atoms with Gasteiger partial charge in [0.2, 0.25) is 5.82 Å². The van der Waals surface area contributed by atoms with Crippen LogP contribution in [0.4, 0.5) is 4.39 Å². The molecule has 0 aromatic carbocycles. The van der Waals surface area contributed by atoms with Crippen molar-refractivity contribution in [3.63, 3.8) is 0 Å². The quantitative estimate of drug-likeness (QED) is 0.676. The lowest BCUT2D eigenvalue weighted by Gasteiger charge is -1.98. The molecule has 0 unspecified atom stereocenters. The van der Waals surface area contributed by atoms with Crippen LogP contribution in [0.3, 0.4) is 0 Å². The van der Waals surface area contributed by atoms with Gasteiger partial charge in [0.25, 0.3) is 5.56 Å². The van der Waals surface area contributed by atoms with Crippen LogP contribution in [0, 0.1) is 5.82 Å². The van der Waals surface area contributed by atoms with Crippen LogP contribution in [0.25, 0.3) is 5.82 Å². The summed E-state index contributed by atoms with van der Waals surface area (Å²) in [6, 6.07) is 1.61. The van der Waals surface area contributed by atoms with E-state index >= 15 is 0 Å². The number of nitrogens with zero attached hydrogens (tertiary/aromatic N) is 3. The summed E-state index contributed by atoms with van der Waals surface area (Å²) in [6.45, 7) is 0. The van der Waals surface area contributed by atoms with Crippen molar-refractivity contribution in [2.24, 2.45) is 0 Å². The first-order chi connectivity index (χ1) is 6.29. The number of H-pyrrole nitrogens is 1. The van der Waals surface area contributed by atoms with Crippen molar-refractivity contribution in [3.05, 3.63) is 41.0 Å². The third-order valence-corrected chi connectivity index (χ3v) is 1.50. The van der Waals surface area contributed by atoms with Gasteiger partial charge < -0.3 is 4.98 Å². The number of aromatic amines is 1. The van der Waals surface area contributed by atoms with Crippen LogP contribution in [0.2, 0.25) is 0 Å². The largest absolute Gasteiger partial charge is 0.310 e. The summed E-state index contributed by atoms with van der Waals surface area (Å²) in [5.74, 6) is -1.04. The Morgan fingerprint density at radius 1 is 1.54 bits per heavy atom. The number of rotatable bonds is 1. The van der Waals surface area contributed by atoms with Gasteiger partial charge in [-0.15, -0.1) is 0 Å². The maximum Gasteiger partial charge on any atom is 0.289 e. The average molecular weight is 180 g/mol. The van der Waals surface area contributed by atoms with Crippen molar-refractivity contribution < 1.29 is 4.39 Å². The van der Waals surface area contributed by atoms with E-state index < -0.39 is 11.4 Å². The summed E-state index contributed by atoms with van der Waals surface area (Å²) in [5.41, 5.74) is -0.805. The van der Waals surface area contributed by atoms with E-state index in [4.69, 9.17) is 0 Å². The Balaban J connectivity index is 2.66. The number of hydrogen-bond acceptors (Lipinski definition) is 3. The van der Waals surface area contributed by atoms with Crippen LogP contribution in [-0.2, 0) is 0 Å². The molecular formula is C7H5FN4O. The first-order valence-electron chi connectivity index (χ1n) is 3.52. The fourth-order valence-corrected chi connectivity index (χ4v) is 0.927. The molecule has 2 rings (SSSR count). The van der Waals surface area contributed by atoms with Crippen LogP contribution in [0.5, 0.6) is 0 Å². The molecule has 0 amide bonds. The lowest BCUT2D eigenvalue weighted by molar-refractivity contribution is 0.580. The molecule has 6 heteroatoms. The molecule has 2 heterocycles. The fourth-order valence-electron chi connectivity index (χ4n) is 0.927. The maximum absolute atomic E-state index is 13.1. The van der Waals surface area contributed by atoms with Crippen molar-refractivity contribution in [2.45, 2.75) is 0 Å². The van der Waals surface area contributed by atoms with E-state index in [0.717, 1.165) is 6.33 Å². The Morgan fingerprint density at radius 3 is 3.08 bits per heavy atom. The maximum atomic E-state index is 13.1. The van der Waals surface area contributed by atoms with Gasteiger partial charge >= 0.3 is 0 Å². The number of nitrogens with one attached hydrogen (secondary N) is 1. The zero-order valence-electron chi connectivity index (χ0n) is 6.44. The number of aromatic nitrogens is 4. The highest BCUT2D eigenvalue weighted by molar-refractivity contribution is 5.19. The highest BCUT2D eigenvalue weighted by Gasteiger charge is 2.08. The van der Waals surface area contributed by atoms with Crippen LogP contribution in [0.15, 0.2) is 29.6 Å². The summed E-state index contributed by atoms with van der Waals surface area (Å²) in [6.07, 6.45) is 4.11. The van der Waals surface area contributed by atoms with Gasteiger partial charge in [0.1, 0.15) is 0 Å². The Kier molecular flexibility index (Phi) is 1.66. The second-order valence-electron chi connectivity index (χ2n) is 2.32. The van der Waals surface area contributed by atoms with E-state index in [9.17, 15) is 9.18 Å². The highest BCUT2D eigenvalue weighted by atomic mass is 19.1. The Hall–Kier alpha value is -1.98. The first kappa shape index (κ1) is 7.66. The normalized spacial score (nSPS) is 10.2. The summed E-state index contributed by atoms with van der Waals surface area (Å²) < 4.78 is 14.3. The molecule has 0 saturated carbocycles. The SMILES string of the molecule is O=c1[nH]cnc(-n2cccn2)c1F. The van der Waals surface area contributed by atoms with Crippen LogP contribution in [0.1, 0.15) is 0 Å². The predicted octanol–water partition coefficient (Wildman–Crippen LogP) is 0.0947. The number of halogens is 1. The second-order valence-corrected chi connectivity index (χ2v) is 2.32. The van der Waals surface area contributed by atoms with E-state index in [1.54, 1.807) is 6.07 Å². The van der Waals surface area contributed by atoms with Gasteiger partial charge in [-0.1, -0.05) is 0 Å². The molecule has 2 aromatic heterocycles.